The van der Waals surface area contributed by atoms with E-state index in [1.807, 2.05) is 0 Å². The summed E-state index contributed by atoms with van der Waals surface area (Å²) < 4.78 is 1.57. The minimum absolute atomic E-state index is 0. The fourth-order valence-corrected chi connectivity index (χ4v) is 9.52. The van der Waals surface area contributed by atoms with E-state index in [-0.39, 0.29) is 37.2 Å². The number of hydrogen-bond donors (Lipinski definition) is 0. The normalized spacial score (nSPS) is 13.2. The molecule has 3 rings (SSSR count). The van der Waals surface area contributed by atoms with E-state index in [1.54, 1.807) is 30.6 Å². The fraction of sp³-hybridized carbons (Fsp3) is 0.360. The van der Waals surface area contributed by atoms with Crippen LogP contribution in [0.1, 0.15) is 55.4 Å². The molecule has 0 nitrogen and oxygen atoms in total. The Hall–Kier alpha value is -0.279. The molecule has 0 saturated carbocycles. The van der Waals surface area contributed by atoms with Crippen LogP contribution in [0.2, 0.25) is 0 Å². The Morgan fingerprint density at radius 2 is 1.13 bits per heavy atom. The molecule has 0 radical (unpaired) electrons. The summed E-state index contributed by atoms with van der Waals surface area (Å²) in [6.07, 6.45) is 3.62. The molecule has 0 aromatic heterocycles. The van der Waals surface area contributed by atoms with Gasteiger partial charge in [0.1, 0.15) is 0 Å². The Bertz CT molecular complexity index is 855. The quantitative estimate of drug-likeness (QED) is 0.359. The molecule has 0 N–H and O–H groups in total. The van der Waals surface area contributed by atoms with Gasteiger partial charge in [0.05, 0.1) is 0 Å². The number of aryl methyl sites for hydroxylation is 4. The van der Waals surface area contributed by atoms with Crippen LogP contribution in [0.25, 0.3) is 0 Å². The zero-order valence-corrected chi connectivity index (χ0v) is 23.8. The summed E-state index contributed by atoms with van der Waals surface area (Å²) >= 11 is 2.35. The summed E-state index contributed by atoms with van der Waals surface area (Å²) in [5.74, 6) is 0. The van der Waals surface area contributed by atoms with Crippen LogP contribution >= 0.6 is 0 Å². The summed E-state index contributed by atoms with van der Waals surface area (Å²) in [5.41, 5.74) is 8.82. The van der Waals surface area contributed by atoms with Crippen molar-refractivity contribution in [2.24, 2.45) is 0 Å². The Kier molecular flexibility index (Phi) is 12.6. The Labute approximate surface area is 215 Å². The summed E-state index contributed by atoms with van der Waals surface area (Å²) in [7, 11) is -1.44. The topological polar surface area (TPSA) is 0 Å². The molecule has 0 aliphatic heterocycles. The van der Waals surface area contributed by atoms with Gasteiger partial charge in [-0.05, 0) is 0 Å². The molecule has 1 aliphatic rings. The van der Waals surface area contributed by atoms with E-state index in [0.29, 0.717) is 0 Å². The first-order valence-corrected chi connectivity index (χ1v) is 12.6. The minimum Gasteiger partial charge on any atom is -1.00 e. The van der Waals surface area contributed by atoms with E-state index >= 15 is 0 Å². The van der Waals surface area contributed by atoms with Crippen LogP contribution in [0, 0.1) is 27.7 Å². The Morgan fingerprint density at radius 1 is 0.733 bits per heavy atom. The molecule has 2 aromatic carbocycles. The molecular formula is C25H31Cl3SiTi. The van der Waals surface area contributed by atoms with Crippen molar-refractivity contribution in [2.75, 3.05) is 0 Å². The second-order valence-corrected chi connectivity index (χ2v) is 12.0. The second-order valence-electron chi connectivity index (χ2n) is 8.36. The first-order valence-electron chi connectivity index (χ1n) is 10.1. The monoisotopic (exact) mass is 512 g/mol. The number of allylic oxidation sites excluding steroid dienone is 4. The van der Waals surface area contributed by atoms with Crippen LogP contribution in [-0.2, 0) is 20.4 Å². The van der Waals surface area contributed by atoms with Crippen LogP contribution < -0.4 is 47.6 Å². The van der Waals surface area contributed by atoms with E-state index in [1.165, 1.54) is 41.5 Å². The van der Waals surface area contributed by atoms with Crippen molar-refractivity contribution >= 4 is 19.2 Å². The standard InChI is InChI=1S/C25H31Si.3ClH.Ti/c1-7-8-22-11-21(6)16-25(22)26(23-12-17(2)9-18(3)13-23)24-14-19(4)10-20(5)15-24;;;;/h9-10,12-15,26H,7-8,16H2,1-6H3;3*1H;/q;;;;+3/p-3. The SMILES string of the molecule is CCCC1=C([SiH](c2cc(C)cc(C)c2)c2cc(C)cc(C)c2)CC(C)=[C]1[Ti+3].[Cl-].[Cl-].[Cl-]. The van der Waals surface area contributed by atoms with E-state index in [2.05, 4.69) is 98.4 Å². The van der Waals surface area contributed by atoms with Crippen molar-refractivity contribution in [3.63, 3.8) is 0 Å². The van der Waals surface area contributed by atoms with Crippen LogP contribution in [0.4, 0.5) is 0 Å². The van der Waals surface area contributed by atoms with Gasteiger partial charge in [-0.2, -0.15) is 0 Å². The van der Waals surface area contributed by atoms with E-state index in [9.17, 15) is 0 Å². The van der Waals surface area contributed by atoms with Crippen LogP contribution in [-0.4, -0.2) is 8.80 Å². The Morgan fingerprint density at radius 3 is 1.50 bits per heavy atom. The average molecular weight is 514 g/mol. The van der Waals surface area contributed by atoms with Gasteiger partial charge < -0.3 is 37.2 Å². The zero-order valence-electron chi connectivity index (χ0n) is 18.8. The molecule has 1 aliphatic carbocycles. The molecule has 160 valence electrons. The van der Waals surface area contributed by atoms with Crippen molar-refractivity contribution in [1.29, 1.82) is 0 Å². The summed E-state index contributed by atoms with van der Waals surface area (Å²) in [6.45, 7) is 13.6. The van der Waals surface area contributed by atoms with Gasteiger partial charge in [-0.1, -0.05) is 0 Å². The predicted molar refractivity (Wildman–Crippen MR) is 118 cm³/mol. The molecular weight excluding hydrogens is 483 g/mol. The molecule has 0 bridgehead atoms. The average Bonchev–Trinajstić information content (AvgIpc) is 2.82. The largest absolute Gasteiger partial charge is 1.00 e. The Balaban J connectivity index is 0.00000280. The van der Waals surface area contributed by atoms with Crippen molar-refractivity contribution < 1.29 is 57.7 Å². The van der Waals surface area contributed by atoms with Crippen molar-refractivity contribution in [3.05, 3.63) is 78.9 Å². The van der Waals surface area contributed by atoms with E-state index in [4.69, 9.17) is 0 Å². The molecule has 0 unspecified atom stereocenters. The maximum Gasteiger partial charge on any atom is -1.00 e. The summed E-state index contributed by atoms with van der Waals surface area (Å²) in [4.78, 5) is 0. The third kappa shape index (κ3) is 6.61. The first kappa shape index (κ1) is 29.7. The number of hydrogen-bond acceptors (Lipinski definition) is 0. The molecule has 5 heteroatoms. The third-order valence-corrected chi connectivity index (χ3v) is 9.96. The van der Waals surface area contributed by atoms with Gasteiger partial charge in [-0.15, -0.1) is 0 Å². The summed E-state index contributed by atoms with van der Waals surface area (Å²) in [6, 6.07) is 14.5. The summed E-state index contributed by atoms with van der Waals surface area (Å²) in [5, 5.41) is 4.94. The molecule has 0 fully saturated rings. The van der Waals surface area contributed by atoms with E-state index in [0.717, 1.165) is 0 Å². The predicted octanol–water partition coefficient (Wildman–Crippen LogP) is -3.87. The van der Waals surface area contributed by atoms with Gasteiger partial charge in [0.15, 0.2) is 0 Å². The molecule has 0 saturated heterocycles. The van der Waals surface area contributed by atoms with Gasteiger partial charge in [-0.3, -0.25) is 0 Å². The van der Waals surface area contributed by atoms with Crippen molar-refractivity contribution in [3.8, 4) is 0 Å². The van der Waals surface area contributed by atoms with Crippen LogP contribution in [0.5, 0.6) is 0 Å². The van der Waals surface area contributed by atoms with Gasteiger partial charge >= 0.3 is 179 Å². The van der Waals surface area contributed by atoms with Crippen molar-refractivity contribution in [1.82, 2.24) is 0 Å². The van der Waals surface area contributed by atoms with Gasteiger partial charge in [0.25, 0.3) is 0 Å². The maximum atomic E-state index is 2.46. The van der Waals surface area contributed by atoms with Gasteiger partial charge in [0, 0.05) is 0 Å². The van der Waals surface area contributed by atoms with Crippen molar-refractivity contribution in [2.45, 2.75) is 60.8 Å². The van der Waals surface area contributed by atoms with E-state index < -0.39 is 8.80 Å². The maximum absolute atomic E-state index is 2.46. The second kappa shape index (κ2) is 12.7. The fourth-order valence-electron chi connectivity index (χ4n) is 4.66. The minimum atomic E-state index is -1.44. The number of rotatable bonds is 5. The van der Waals surface area contributed by atoms with Gasteiger partial charge in [0.2, 0.25) is 0 Å². The molecule has 2 aromatic rings. The van der Waals surface area contributed by atoms with Gasteiger partial charge in [-0.25, -0.2) is 0 Å². The molecule has 0 spiro atoms. The van der Waals surface area contributed by atoms with Crippen LogP contribution in [0.15, 0.2) is 56.6 Å². The molecule has 30 heavy (non-hydrogen) atoms. The molecule has 0 amide bonds. The molecule has 0 heterocycles. The zero-order chi connectivity index (χ0) is 19.7. The first-order chi connectivity index (χ1) is 12.8. The number of halogens is 3. The molecule has 0 atom stereocenters. The third-order valence-electron chi connectivity index (χ3n) is 5.57. The smallest absolute Gasteiger partial charge is 1.00 e. The van der Waals surface area contributed by atoms with Crippen LogP contribution in [0.3, 0.4) is 0 Å². The number of benzene rings is 2.